The van der Waals surface area contributed by atoms with Crippen molar-refractivity contribution in [2.45, 2.75) is 36.5 Å². The molecule has 0 spiro atoms. The van der Waals surface area contributed by atoms with Crippen LogP contribution in [-0.4, -0.2) is 27.0 Å². The number of nitrogens with two attached hydrogens (primary N) is 1. The summed E-state index contributed by atoms with van der Waals surface area (Å²) in [6, 6.07) is 6.53. The first-order valence-corrected chi connectivity index (χ1v) is 10.3. The number of nitrogens with one attached hydrogen (secondary N) is 1. The summed E-state index contributed by atoms with van der Waals surface area (Å²) >= 11 is 3.19. The molecule has 0 saturated carbocycles. The van der Waals surface area contributed by atoms with Gasteiger partial charge in [0.15, 0.2) is 0 Å². The molecule has 0 fully saturated rings. The molecule has 0 radical (unpaired) electrons. The third-order valence-corrected chi connectivity index (χ3v) is 6.86. The molecule has 138 valence electrons. The second-order valence-electron chi connectivity index (χ2n) is 6.41. The molecule has 6 nitrogen and oxygen atoms in total. The average Bonchev–Trinajstić information content (AvgIpc) is 3.23. The lowest BCUT2D eigenvalue weighted by Gasteiger charge is -2.12. The highest BCUT2D eigenvalue weighted by molar-refractivity contribution is 8.00. The number of thiophene rings is 1. The van der Waals surface area contributed by atoms with E-state index in [-0.39, 0.29) is 11.2 Å². The first-order valence-electron chi connectivity index (χ1n) is 8.65. The summed E-state index contributed by atoms with van der Waals surface area (Å²) in [6.45, 7) is 1.86. The zero-order valence-corrected chi connectivity index (χ0v) is 16.3. The van der Waals surface area contributed by atoms with Gasteiger partial charge in [0, 0.05) is 21.5 Å². The molecule has 4 rings (SSSR count). The summed E-state index contributed by atoms with van der Waals surface area (Å²) in [5.41, 5.74) is 7.62. The molecule has 1 aliphatic rings. The number of carbonyl (C=O) groups excluding carboxylic acids is 2. The van der Waals surface area contributed by atoms with Crippen molar-refractivity contribution in [1.29, 1.82) is 0 Å². The first-order chi connectivity index (χ1) is 13.0. The minimum absolute atomic E-state index is 0.120. The Morgan fingerprint density at radius 1 is 1.22 bits per heavy atom. The minimum atomic E-state index is -0.493. The van der Waals surface area contributed by atoms with Gasteiger partial charge in [0.2, 0.25) is 11.8 Å². The highest BCUT2D eigenvalue weighted by atomic mass is 32.2. The van der Waals surface area contributed by atoms with E-state index in [1.165, 1.54) is 28.6 Å². The molecule has 8 heteroatoms. The number of rotatable bonds is 5. The van der Waals surface area contributed by atoms with Crippen LogP contribution in [0.15, 0.2) is 35.6 Å². The Kier molecular flexibility index (Phi) is 4.84. The third-order valence-electron chi connectivity index (χ3n) is 4.56. The Morgan fingerprint density at radius 3 is 2.74 bits per heavy atom. The molecule has 0 unspecified atom stereocenters. The van der Waals surface area contributed by atoms with Gasteiger partial charge < -0.3 is 11.1 Å². The van der Waals surface area contributed by atoms with Crippen LogP contribution in [-0.2, 0) is 17.6 Å². The molecule has 1 aromatic carbocycles. The van der Waals surface area contributed by atoms with E-state index in [4.69, 9.17) is 5.73 Å². The largest absolute Gasteiger partial charge is 0.366 e. The Hall–Kier alpha value is -2.45. The molecule has 0 aliphatic heterocycles. The van der Waals surface area contributed by atoms with Crippen molar-refractivity contribution >= 4 is 50.8 Å². The molecule has 1 aliphatic carbocycles. The lowest BCUT2D eigenvalue weighted by atomic mass is 10.2. The number of thioether (sulfide) groups is 1. The fraction of sp³-hybridized carbons (Fsp3) is 0.263. The first kappa shape index (κ1) is 17.9. The van der Waals surface area contributed by atoms with Crippen molar-refractivity contribution in [3.63, 3.8) is 0 Å². The van der Waals surface area contributed by atoms with E-state index in [0.29, 0.717) is 11.3 Å². The smallest absolute Gasteiger partial charge is 0.248 e. The number of anilines is 1. The molecule has 0 saturated heterocycles. The maximum Gasteiger partial charge on any atom is 0.248 e. The molecule has 1 atom stereocenters. The Labute approximate surface area is 164 Å². The van der Waals surface area contributed by atoms with Gasteiger partial charge in [0.25, 0.3) is 0 Å². The van der Waals surface area contributed by atoms with Crippen LogP contribution < -0.4 is 11.1 Å². The SMILES string of the molecule is C[C@H](Sc1ncnc2sc3c(c12)CCC3)C(=O)Nc1ccc(C(N)=O)cc1. The van der Waals surface area contributed by atoms with Crippen LogP contribution in [0, 0.1) is 0 Å². The zero-order valence-electron chi connectivity index (χ0n) is 14.7. The van der Waals surface area contributed by atoms with E-state index in [9.17, 15) is 9.59 Å². The Bertz CT molecular complexity index is 1030. The number of nitrogens with zero attached hydrogens (tertiary/aromatic N) is 2. The summed E-state index contributed by atoms with van der Waals surface area (Å²) in [5, 5.41) is 4.53. The molecule has 3 aromatic rings. The standard InChI is InChI=1S/C19H18N4O2S2/c1-10(17(25)23-12-7-5-11(6-8-12)16(20)24)26-18-15-13-3-2-4-14(13)27-19(15)22-9-21-18/h5-10H,2-4H2,1H3,(H2,20,24)(H,23,25)/t10-/m0/s1. The molecule has 2 amide bonds. The summed E-state index contributed by atoms with van der Waals surface area (Å²) < 4.78 is 0. The summed E-state index contributed by atoms with van der Waals surface area (Å²) in [4.78, 5) is 35.0. The maximum absolute atomic E-state index is 12.6. The highest BCUT2D eigenvalue weighted by Crippen LogP contribution is 2.40. The van der Waals surface area contributed by atoms with E-state index in [0.717, 1.165) is 28.1 Å². The van der Waals surface area contributed by atoms with Crippen LogP contribution in [0.25, 0.3) is 10.2 Å². The van der Waals surface area contributed by atoms with Gasteiger partial charge in [-0.15, -0.1) is 11.3 Å². The Balaban J connectivity index is 1.50. The number of carbonyl (C=O) groups is 2. The quantitative estimate of drug-likeness (QED) is 0.507. The number of amides is 2. The summed E-state index contributed by atoms with van der Waals surface area (Å²) in [6.07, 6.45) is 4.91. The average molecular weight is 399 g/mol. The second kappa shape index (κ2) is 7.28. The summed E-state index contributed by atoms with van der Waals surface area (Å²) in [5.74, 6) is -0.613. The van der Waals surface area contributed by atoms with Crippen molar-refractivity contribution < 1.29 is 9.59 Å². The zero-order chi connectivity index (χ0) is 19.0. The lowest BCUT2D eigenvalue weighted by Crippen LogP contribution is -2.22. The van der Waals surface area contributed by atoms with E-state index >= 15 is 0 Å². The number of primary amides is 1. The Morgan fingerprint density at radius 2 is 2.00 bits per heavy atom. The molecule has 27 heavy (non-hydrogen) atoms. The van der Waals surface area contributed by atoms with Crippen LogP contribution in [0.1, 0.15) is 34.1 Å². The van der Waals surface area contributed by atoms with Crippen LogP contribution in [0.3, 0.4) is 0 Å². The normalized spacial score (nSPS) is 14.1. The van der Waals surface area contributed by atoms with Crippen LogP contribution >= 0.6 is 23.1 Å². The predicted molar refractivity (Wildman–Crippen MR) is 108 cm³/mol. The molecule has 2 aromatic heterocycles. The van der Waals surface area contributed by atoms with Gasteiger partial charge in [-0.1, -0.05) is 11.8 Å². The number of fused-ring (bicyclic) bond motifs is 3. The van der Waals surface area contributed by atoms with Crippen molar-refractivity contribution in [2.75, 3.05) is 5.32 Å². The highest BCUT2D eigenvalue weighted by Gasteiger charge is 2.24. The topological polar surface area (TPSA) is 98.0 Å². The number of aryl methyl sites for hydroxylation is 2. The monoisotopic (exact) mass is 398 g/mol. The fourth-order valence-electron chi connectivity index (χ4n) is 3.17. The van der Waals surface area contributed by atoms with Crippen molar-refractivity contribution in [3.05, 3.63) is 46.6 Å². The predicted octanol–water partition coefficient (Wildman–Crippen LogP) is 3.40. The number of benzene rings is 1. The van der Waals surface area contributed by atoms with Crippen molar-refractivity contribution in [2.24, 2.45) is 5.73 Å². The second-order valence-corrected chi connectivity index (χ2v) is 8.82. The number of hydrogen-bond donors (Lipinski definition) is 2. The third kappa shape index (κ3) is 3.54. The molecule has 3 N–H and O–H groups in total. The fourth-order valence-corrected chi connectivity index (χ4v) is 5.41. The number of hydrogen-bond acceptors (Lipinski definition) is 6. The lowest BCUT2D eigenvalue weighted by molar-refractivity contribution is -0.115. The van der Waals surface area contributed by atoms with Gasteiger partial charge in [0.1, 0.15) is 16.2 Å². The van der Waals surface area contributed by atoms with Crippen molar-refractivity contribution in [3.8, 4) is 0 Å². The van der Waals surface area contributed by atoms with Gasteiger partial charge in [-0.25, -0.2) is 9.97 Å². The molecular weight excluding hydrogens is 380 g/mol. The van der Waals surface area contributed by atoms with E-state index in [1.807, 2.05) is 6.92 Å². The van der Waals surface area contributed by atoms with Crippen LogP contribution in [0.2, 0.25) is 0 Å². The van der Waals surface area contributed by atoms with Gasteiger partial charge in [-0.3, -0.25) is 9.59 Å². The van der Waals surface area contributed by atoms with E-state index in [1.54, 1.807) is 41.9 Å². The van der Waals surface area contributed by atoms with Gasteiger partial charge in [-0.05, 0) is 56.0 Å². The molecule has 2 heterocycles. The summed E-state index contributed by atoms with van der Waals surface area (Å²) in [7, 11) is 0. The van der Waals surface area contributed by atoms with Gasteiger partial charge in [-0.2, -0.15) is 0 Å². The van der Waals surface area contributed by atoms with Gasteiger partial charge in [0.05, 0.1) is 5.25 Å². The van der Waals surface area contributed by atoms with Crippen LogP contribution in [0.4, 0.5) is 5.69 Å². The van der Waals surface area contributed by atoms with Crippen LogP contribution in [0.5, 0.6) is 0 Å². The van der Waals surface area contributed by atoms with Crippen molar-refractivity contribution in [1.82, 2.24) is 9.97 Å². The number of aromatic nitrogens is 2. The maximum atomic E-state index is 12.6. The molecule has 0 bridgehead atoms. The van der Waals surface area contributed by atoms with E-state index in [2.05, 4.69) is 15.3 Å². The van der Waals surface area contributed by atoms with Gasteiger partial charge >= 0.3 is 0 Å². The van der Waals surface area contributed by atoms with E-state index < -0.39 is 5.91 Å². The minimum Gasteiger partial charge on any atom is -0.366 e. The molecular formula is C19H18N4O2S2.